The van der Waals surface area contributed by atoms with E-state index < -0.39 is 0 Å². The first-order chi connectivity index (χ1) is 13.0. The summed E-state index contributed by atoms with van der Waals surface area (Å²) in [5.74, 6) is 0.572. The summed E-state index contributed by atoms with van der Waals surface area (Å²) in [5, 5.41) is 2.51. The van der Waals surface area contributed by atoms with Crippen LogP contribution in [0.4, 0.5) is 0 Å². The number of quaternary nitrogens is 1. The highest BCUT2D eigenvalue weighted by atomic mass is 16.5. The maximum absolute atomic E-state index is 6.13. The third-order valence-electron chi connectivity index (χ3n) is 6.38. The second kappa shape index (κ2) is 9.03. The molecule has 2 nitrogen and oxygen atoms in total. The minimum Gasteiger partial charge on any atom is -0.378 e. The molecule has 2 N–H and O–H groups in total. The Hall–Kier alpha value is -1.64. The molecule has 1 fully saturated rings. The largest absolute Gasteiger partial charge is 0.378 e. The molecule has 3 rings (SSSR count). The molecule has 0 amide bonds. The van der Waals surface area contributed by atoms with Crippen LogP contribution in [-0.4, -0.2) is 19.3 Å². The topological polar surface area (TPSA) is 25.8 Å². The average molecular weight is 367 g/mol. The third-order valence-corrected chi connectivity index (χ3v) is 6.38. The zero-order chi connectivity index (χ0) is 19.3. The van der Waals surface area contributed by atoms with Crippen molar-refractivity contribution in [2.24, 2.45) is 5.92 Å². The SMILES string of the molecule is Cc1ccc([C@]2(CC[NH2+][C@@H](C)c3ccccc3)CCO[C@@H](C(C)C)C2)cc1. The molecular weight excluding hydrogens is 330 g/mol. The van der Waals surface area contributed by atoms with E-state index in [0.29, 0.717) is 18.1 Å². The Kier molecular flexibility index (Phi) is 6.73. The molecule has 2 aromatic carbocycles. The first-order valence-corrected chi connectivity index (χ1v) is 10.6. The molecule has 27 heavy (non-hydrogen) atoms. The summed E-state index contributed by atoms with van der Waals surface area (Å²) >= 11 is 0. The van der Waals surface area contributed by atoms with Gasteiger partial charge in [0, 0.05) is 24.0 Å². The smallest absolute Gasteiger partial charge is 0.109 e. The first kappa shape index (κ1) is 20.1. The predicted octanol–water partition coefficient (Wildman–Crippen LogP) is 4.78. The molecule has 1 aliphatic rings. The van der Waals surface area contributed by atoms with Crippen LogP contribution in [-0.2, 0) is 10.2 Å². The zero-order valence-corrected chi connectivity index (χ0v) is 17.4. The van der Waals surface area contributed by atoms with Gasteiger partial charge >= 0.3 is 0 Å². The second-order valence-corrected chi connectivity index (χ2v) is 8.73. The van der Waals surface area contributed by atoms with E-state index in [9.17, 15) is 0 Å². The van der Waals surface area contributed by atoms with Crippen LogP contribution in [0.1, 0.15) is 62.8 Å². The second-order valence-electron chi connectivity index (χ2n) is 8.73. The van der Waals surface area contributed by atoms with Crippen LogP contribution in [0.25, 0.3) is 0 Å². The van der Waals surface area contributed by atoms with Crippen molar-refractivity contribution in [3.63, 3.8) is 0 Å². The van der Waals surface area contributed by atoms with Gasteiger partial charge in [0.2, 0.25) is 0 Å². The summed E-state index contributed by atoms with van der Waals surface area (Å²) in [7, 11) is 0. The number of aryl methyl sites for hydroxylation is 1. The number of rotatable bonds is 7. The maximum atomic E-state index is 6.13. The number of nitrogens with two attached hydrogens (primary N) is 1. The summed E-state index contributed by atoms with van der Waals surface area (Å²) in [4.78, 5) is 0. The van der Waals surface area contributed by atoms with Crippen LogP contribution in [0.2, 0.25) is 0 Å². The van der Waals surface area contributed by atoms with Gasteiger partial charge in [0.1, 0.15) is 6.04 Å². The lowest BCUT2D eigenvalue weighted by Gasteiger charge is -2.42. The van der Waals surface area contributed by atoms with Crippen LogP contribution in [0.3, 0.4) is 0 Å². The summed E-state index contributed by atoms with van der Waals surface area (Å²) in [6.45, 7) is 11.1. The molecule has 0 unspecified atom stereocenters. The normalized spacial score (nSPS) is 24.1. The Morgan fingerprint density at radius 3 is 2.41 bits per heavy atom. The van der Waals surface area contributed by atoms with Crippen LogP contribution in [0.5, 0.6) is 0 Å². The van der Waals surface area contributed by atoms with Gasteiger partial charge in [-0.05, 0) is 38.2 Å². The van der Waals surface area contributed by atoms with Gasteiger partial charge in [0.25, 0.3) is 0 Å². The lowest BCUT2D eigenvalue weighted by Crippen LogP contribution is -2.85. The van der Waals surface area contributed by atoms with Crippen molar-refractivity contribution in [2.45, 2.75) is 64.5 Å². The molecular formula is C25H36NO+. The van der Waals surface area contributed by atoms with Gasteiger partial charge in [-0.3, -0.25) is 0 Å². The average Bonchev–Trinajstić information content (AvgIpc) is 2.69. The van der Waals surface area contributed by atoms with Crippen molar-refractivity contribution in [1.82, 2.24) is 0 Å². The molecule has 0 bridgehead atoms. The third kappa shape index (κ3) is 5.00. The van der Waals surface area contributed by atoms with E-state index in [0.717, 1.165) is 26.0 Å². The number of hydrogen-bond acceptors (Lipinski definition) is 1. The molecule has 0 spiro atoms. The fourth-order valence-corrected chi connectivity index (χ4v) is 4.42. The van der Waals surface area contributed by atoms with Gasteiger partial charge in [-0.25, -0.2) is 0 Å². The molecule has 1 heterocycles. The Morgan fingerprint density at radius 1 is 1.04 bits per heavy atom. The van der Waals surface area contributed by atoms with Gasteiger partial charge in [0.15, 0.2) is 0 Å². The minimum absolute atomic E-state index is 0.244. The molecule has 146 valence electrons. The Balaban J connectivity index is 1.73. The van der Waals surface area contributed by atoms with Crippen molar-refractivity contribution in [3.8, 4) is 0 Å². The van der Waals surface area contributed by atoms with Crippen molar-refractivity contribution in [2.75, 3.05) is 13.2 Å². The summed E-state index contributed by atoms with van der Waals surface area (Å²) in [6.07, 6.45) is 3.85. The van der Waals surface area contributed by atoms with Gasteiger partial charge in [0.05, 0.1) is 12.6 Å². The maximum Gasteiger partial charge on any atom is 0.109 e. The summed E-state index contributed by atoms with van der Waals surface area (Å²) < 4.78 is 6.13. The van der Waals surface area contributed by atoms with Crippen molar-refractivity contribution in [3.05, 3.63) is 71.3 Å². The predicted molar refractivity (Wildman–Crippen MR) is 113 cm³/mol. The molecule has 0 radical (unpaired) electrons. The Bertz CT molecular complexity index is 694. The molecule has 1 aliphatic heterocycles. The Morgan fingerprint density at radius 2 is 1.74 bits per heavy atom. The van der Waals surface area contributed by atoms with Gasteiger partial charge in [-0.15, -0.1) is 0 Å². The first-order valence-electron chi connectivity index (χ1n) is 10.6. The van der Waals surface area contributed by atoms with E-state index in [1.165, 1.54) is 23.1 Å². The van der Waals surface area contributed by atoms with Crippen LogP contribution < -0.4 is 5.32 Å². The van der Waals surface area contributed by atoms with E-state index in [1.807, 2.05) is 0 Å². The highest BCUT2D eigenvalue weighted by molar-refractivity contribution is 5.29. The monoisotopic (exact) mass is 366 g/mol. The van der Waals surface area contributed by atoms with E-state index >= 15 is 0 Å². The van der Waals surface area contributed by atoms with Gasteiger partial charge < -0.3 is 10.1 Å². The van der Waals surface area contributed by atoms with Crippen molar-refractivity contribution < 1.29 is 10.1 Å². The van der Waals surface area contributed by atoms with Crippen molar-refractivity contribution in [1.29, 1.82) is 0 Å². The van der Waals surface area contributed by atoms with Crippen LogP contribution in [0.15, 0.2) is 54.6 Å². The molecule has 0 aliphatic carbocycles. The molecule has 2 aromatic rings. The van der Waals surface area contributed by atoms with Crippen LogP contribution in [0, 0.1) is 12.8 Å². The number of ether oxygens (including phenoxy) is 1. The van der Waals surface area contributed by atoms with E-state index in [4.69, 9.17) is 4.74 Å². The lowest BCUT2D eigenvalue weighted by molar-refractivity contribution is -0.693. The fraction of sp³-hybridized carbons (Fsp3) is 0.520. The molecule has 1 saturated heterocycles. The molecule has 0 aromatic heterocycles. The molecule has 2 heteroatoms. The number of benzene rings is 2. The highest BCUT2D eigenvalue weighted by Crippen LogP contribution is 2.41. The standard InChI is InChI=1S/C25H35NO/c1-19(2)24-18-25(15-17-27-24,23-12-10-20(3)11-13-23)14-16-26-21(4)22-8-6-5-7-9-22/h5-13,19,21,24,26H,14-18H2,1-4H3/p+1/t21-,24+,25+/m0/s1. The van der Waals surface area contributed by atoms with Crippen LogP contribution >= 0.6 is 0 Å². The summed E-state index contributed by atoms with van der Waals surface area (Å²) in [5.41, 5.74) is 4.50. The van der Waals surface area contributed by atoms with Crippen molar-refractivity contribution >= 4 is 0 Å². The highest BCUT2D eigenvalue weighted by Gasteiger charge is 2.39. The Labute approximate surface area is 165 Å². The van der Waals surface area contributed by atoms with E-state index in [-0.39, 0.29) is 5.41 Å². The quantitative estimate of drug-likeness (QED) is 0.749. The minimum atomic E-state index is 0.244. The van der Waals surface area contributed by atoms with E-state index in [2.05, 4.69) is 87.6 Å². The molecule has 3 atom stereocenters. The molecule has 0 saturated carbocycles. The number of hydrogen-bond donors (Lipinski definition) is 1. The van der Waals surface area contributed by atoms with Gasteiger partial charge in [-0.2, -0.15) is 0 Å². The zero-order valence-electron chi connectivity index (χ0n) is 17.4. The van der Waals surface area contributed by atoms with Gasteiger partial charge in [-0.1, -0.05) is 74.0 Å². The lowest BCUT2D eigenvalue weighted by atomic mass is 9.68. The fourth-order valence-electron chi connectivity index (χ4n) is 4.42. The van der Waals surface area contributed by atoms with E-state index in [1.54, 1.807) is 0 Å². The summed E-state index contributed by atoms with van der Waals surface area (Å²) in [6, 6.07) is 20.6.